The molecule has 0 saturated carbocycles. The van der Waals surface area contributed by atoms with Crippen LogP contribution in [0.4, 0.5) is 5.82 Å². The van der Waals surface area contributed by atoms with Crippen molar-refractivity contribution in [1.82, 2.24) is 9.97 Å². The number of rotatable bonds is 6. The van der Waals surface area contributed by atoms with Crippen LogP contribution in [0.2, 0.25) is 5.15 Å². The van der Waals surface area contributed by atoms with E-state index in [1.807, 2.05) is 19.4 Å². The standard InChI is InChI=1S/C11H18ClN3S/c1-4-5-6-7-15(2)10-8-9(12)13-11(14-10)16-3/h8H,4-7H2,1-3H3. The van der Waals surface area contributed by atoms with E-state index in [0.717, 1.165) is 17.5 Å². The van der Waals surface area contributed by atoms with Crippen LogP contribution in [0, 0.1) is 0 Å². The summed E-state index contributed by atoms with van der Waals surface area (Å²) in [5.74, 6) is 0.903. The van der Waals surface area contributed by atoms with Crippen LogP contribution in [-0.2, 0) is 0 Å². The lowest BCUT2D eigenvalue weighted by Gasteiger charge is -2.18. The molecule has 3 nitrogen and oxygen atoms in total. The molecule has 0 aliphatic heterocycles. The van der Waals surface area contributed by atoms with Gasteiger partial charge in [-0.15, -0.1) is 0 Å². The number of halogens is 1. The van der Waals surface area contributed by atoms with Crippen molar-refractivity contribution in [1.29, 1.82) is 0 Å². The van der Waals surface area contributed by atoms with Crippen molar-refractivity contribution in [3.63, 3.8) is 0 Å². The molecule has 0 atom stereocenters. The zero-order chi connectivity index (χ0) is 12.0. The molecule has 1 heterocycles. The maximum Gasteiger partial charge on any atom is 0.190 e. The lowest BCUT2D eigenvalue weighted by Crippen LogP contribution is -2.20. The highest BCUT2D eigenvalue weighted by molar-refractivity contribution is 7.98. The molecule has 1 aromatic heterocycles. The fourth-order valence-corrected chi connectivity index (χ4v) is 1.99. The molecule has 1 aromatic rings. The van der Waals surface area contributed by atoms with Gasteiger partial charge in [0.05, 0.1) is 0 Å². The summed E-state index contributed by atoms with van der Waals surface area (Å²) in [5, 5.41) is 1.24. The molecule has 0 unspecified atom stereocenters. The molecule has 90 valence electrons. The van der Waals surface area contributed by atoms with Crippen LogP contribution < -0.4 is 4.90 Å². The Morgan fingerprint density at radius 3 is 2.75 bits per heavy atom. The van der Waals surface area contributed by atoms with E-state index in [2.05, 4.69) is 21.8 Å². The molecule has 0 bridgehead atoms. The van der Waals surface area contributed by atoms with E-state index < -0.39 is 0 Å². The highest BCUT2D eigenvalue weighted by atomic mass is 35.5. The summed E-state index contributed by atoms with van der Waals surface area (Å²) < 4.78 is 0. The minimum atomic E-state index is 0.511. The van der Waals surface area contributed by atoms with Crippen LogP contribution >= 0.6 is 23.4 Å². The Kier molecular flexibility index (Phi) is 5.91. The number of aromatic nitrogens is 2. The SMILES string of the molecule is CCCCCN(C)c1cc(Cl)nc(SC)n1. The number of nitrogens with zero attached hydrogens (tertiary/aromatic N) is 3. The average molecular weight is 260 g/mol. The molecule has 0 fully saturated rings. The summed E-state index contributed by atoms with van der Waals surface area (Å²) in [6.45, 7) is 3.21. The molecule has 0 saturated heterocycles. The first kappa shape index (κ1) is 13.6. The Morgan fingerprint density at radius 2 is 2.12 bits per heavy atom. The maximum atomic E-state index is 5.94. The number of thioether (sulfide) groups is 1. The number of unbranched alkanes of at least 4 members (excludes halogenated alkanes) is 2. The van der Waals surface area contributed by atoms with E-state index >= 15 is 0 Å². The van der Waals surface area contributed by atoms with Gasteiger partial charge in [0.1, 0.15) is 11.0 Å². The van der Waals surface area contributed by atoms with Crippen LogP contribution in [0.1, 0.15) is 26.2 Å². The molecule has 0 aromatic carbocycles. The van der Waals surface area contributed by atoms with Crippen molar-refractivity contribution >= 4 is 29.2 Å². The summed E-state index contributed by atoms with van der Waals surface area (Å²) in [5.41, 5.74) is 0. The first-order valence-corrected chi connectivity index (χ1v) is 7.07. The summed E-state index contributed by atoms with van der Waals surface area (Å²) in [6, 6.07) is 1.81. The van der Waals surface area contributed by atoms with E-state index in [-0.39, 0.29) is 0 Å². The van der Waals surface area contributed by atoms with Crippen molar-refractivity contribution in [2.24, 2.45) is 0 Å². The monoisotopic (exact) mass is 259 g/mol. The second-order valence-electron chi connectivity index (χ2n) is 3.66. The summed E-state index contributed by atoms with van der Waals surface area (Å²) in [4.78, 5) is 10.7. The predicted octanol–water partition coefficient (Wildman–Crippen LogP) is 3.48. The van der Waals surface area contributed by atoms with Gasteiger partial charge in [0.15, 0.2) is 5.16 Å². The van der Waals surface area contributed by atoms with Gasteiger partial charge in [-0.3, -0.25) is 0 Å². The van der Waals surface area contributed by atoms with Crippen LogP contribution in [-0.4, -0.2) is 29.8 Å². The van der Waals surface area contributed by atoms with Crippen LogP contribution in [0.25, 0.3) is 0 Å². The minimum absolute atomic E-state index is 0.511. The maximum absolute atomic E-state index is 5.94. The fraction of sp³-hybridized carbons (Fsp3) is 0.636. The number of anilines is 1. The largest absolute Gasteiger partial charge is 0.360 e. The Morgan fingerprint density at radius 1 is 1.38 bits per heavy atom. The summed E-state index contributed by atoms with van der Waals surface area (Å²) in [6.07, 6.45) is 5.61. The van der Waals surface area contributed by atoms with E-state index in [4.69, 9.17) is 11.6 Å². The quantitative estimate of drug-likeness (QED) is 0.339. The lowest BCUT2D eigenvalue weighted by molar-refractivity contribution is 0.698. The Balaban J connectivity index is 2.66. The first-order valence-electron chi connectivity index (χ1n) is 5.47. The first-order chi connectivity index (χ1) is 7.67. The topological polar surface area (TPSA) is 29.0 Å². The van der Waals surface area contributed by atoms with Crippen LogP contribution in [0.3, 0.4) is 0 Å². The Hall–Kier alpha value is -0.480. The molecule has 5 heteroatoms. The molecule has 0 amide bonds. The molecule has 0 aliphatic rings. The number of hydrogen-bond acceptors (Lipinski definition) is 4. The highest BCUT2D eigenvalue weighted by Crippen LogP contribution is 2.19. The van der Waals surface area contributed by atoms with E-state index in [1.165, 1.54) is 31.0 Å². The lowest BCUT2D eigenvalue weighted by atomic mass is 10.2. The van der Waals surface area contributed by atoms with Gasteiger partial charge in [0, 0.05) is 19.7 Å². The van der Waals surface area contributed by atoms with Crippen molar-refractivity contribution in [3.05, 3.63) is 11.2 Å². The van der Waals surface area contributed by atoms with Gasteiger partial charge in [0.25, 0.3) is 0 Å². The van der Waals surface area contributed by atoms with Gasteiger partial charge in [-0.2, -0.15) is 0 Å². The third-order valence-electron chi connectivity index (χ3n) is 2.33. The van der Waals surface area contributed by atoms with Crippen LogP contribution in [0.5, 0.6) is 0 Å². The van der Waals surface area contributed by atoms with Gasteiger partial charge in [-0.05, 0) is 12.7 Å². The Labute approximate surface area is 107 Å². The van der Waals surface area contributed by atoms with Gasteiger partial charge in [-0.25, -0.2) is 9.97 Å². The third kappa shape index (κ3) is 4.18. The van der Waals surface area contributed by atoms with Gasteiger partial charge >= 0.3 is 0 Å². The highest BCUT2D eigenvalue weighted by Gasteiger charge is 2.06. The molecule has 0 spiro atoms. The van der Waals surface area contributed by atoms with Gasteiger partial charge in [-0.1, -0.05) is 43.1 Å². The van der Waals surface area contributed by atoms with Crippen molar-refractivity contribution in [2.45, 2.75) is 31.3 Å². The molecule has 1 rings (SSSR count). The van der Waals surface area contributed by atoms with Crippen molar-refractivity contribution in [3.8, 4) is 0 Å². The summed E-state index contributed by atoms with van der Waals surface area (Å²) >= 11 is 7.45. The van der Waals surface area contributed by atoms with E-state index in [9.17, 15) is 0 Å². The second kappa shape index (κ2) is 6.97. The molecule has 0 aliphatic carbocycles. The third-order valence-corrected chi connectivity index (χ3v) is 3.07. The zero-order valence-electron chi connectivity index (χ0n) is 10.0. The van der Waals surface area contributed by atoms with E-state index in [0.29, 0.717) is 5.15 Å². The van der Waals surface area contributed by atoms with E-state index in [1.54, 1.807) is 0 Å². The second-order valence-corrected chi connectivity index (χ2v) is 4.82. The summed E-state index contributed by atoms with van der Waals surface area (Å²) in [7, 11) is 2.04. The molecule has 0 N–H and O–H groups in total. The smallest absolute Gasteiger partial charge is 0.190 e. The molecular weight excluding hydrogens is 242 g/mol. The van der Waals surface area contributed by atoms with Crippen molar-refractivity contribution in [2.75, 3.05) is 24.7 Å². The van der Waals surface area contributed by atoms with Gasteiger partial charge in [0.2, 0.25) is 0 Å². The normalized spacial score (nSPS) is 10.5. The van der Waals surface area contributed by atoms with Gasteiger partial charge < -0.3 is 4.90 Å². The molecular formula is C11H18ClN3S. The zero-order valence-corrected chi connectivity index (χ0v) is 11.6. The predicted molar refractivity (Wildman–Crippen MR) is 71.6 cm³/mol. The Bertz CT molecular complexity index is 333. The molecule has 16 heavy (non-hydrogen) atoms. The van der Waals surface area contributed by atoms with Crippen molar-refractivity contribution < 1.29 is 0 Å². The number of hydrogen-bond donors (Lipinski definition) is 0. The minimum Gasteiger partial charge on any atom is -0.360 e. The average Bonchev–Trinajstić information content (AvgIpc) is 2.28. The van der Waals surface area contributed by atoms with Crippen LogP contribution in [0.15, 0.2) is 11.2 Å². The fourth-order valence-electron chi connectivity index (χ4n) is 1.39. The molecule has 0 radical (unpaired) electrons.